The van der Waals surface area contributed by atoms with Crippen LogP contribution in [0.25, 0.3) is 10.9 Å². The quantitative estimate of drug-likeness (QED) is 0.791. The minimum absolute atomic E-state index is 0.0159. The molecule has 1 aromatic heterocycles. The first-order valence-electron chi connectivity index (χ1n) is 8.69. The number of ether oxygens (including phenoxy) is 1. The Hall–Kier alpha value is -2.92. The Kier molecular flexibility index (Phi) is 4.31. The molecule has 2 heterocycles. The highest BCUT2D eigenvalue weighted by atomic mass is 16.5. The molecule has 2 N–H and O–H groups in total. The molecule has 5 heteroatoms. The Morgan fingerprint density at radius 3 is 2.73 bits per heavy atom. The van der Waals surface area contributed by atoms with Crippen LogP contribution >= 0.6 is 0 Å². The summed E-state index contributed by atoms with van der Waals surface area (Å²) >= 11 is 0. The second-order valence-electron chi connectivity index (χ2n) is 6.66. The van der Waals surface area contributed by atoms with Gasteiger partial charge in [-0.1, -0.05) is 18.2 Å². The van der Waals surface area contributed by atoms with Crippen molar-refractivity contribution >= 4 is 16.8 Å². The minimum atomic E-state index is -0.0746. The van der Waals surface area contributed by atoms with E-state index in [1.807, 2.05) is 59.5 Å². The molecule has 0 aliphatic carbocycles. The van der Waals surface area contributed by atoms with E-state index in [2.05, 4.69) is 4.98 Å². The molecule has 3 aromatic rings. The van der Waals surface area contributed by atoms with Crippen LogP contribution in [0.3, 0.4) is 0 Å². The fourth-order valence-corrected chi connectivity index (χ4v) is 3.59. The van der Waals surface area contributed by atoms with Crippen molar-refractivity contribution in [3.63, 3.8) is 0 Å². The van der Waals surface area contributed by atoms with E-state index < -0.39 is 0 Å². The van der Waals surface area contributed by atoms with Gasteiger partial charge in [-0.15, -0.1) is 0 Å². The molecule has 2 aromatic carbocycles. The molecule has 4 rings (SSSR count). The zero-order chi connectivity index (χ0) is 18.1. The van der Waals surface area contributed by atoms with Gasteiger partial charge in [0.2, 0.25) is 0 Å². The first-order chi connectivity index (χ1) is 12.7. The molecule has 1 fully saturated rings. The van der Waals surface area contributed by atoms with E-state index in [9.17, 15) is 4.79 Å². The maximum Gasteiger partial charge on any atom is 0.253 e. The number of likely N-dealkylation sites (tertiary alicyclic amines) is 1. The van der Waals surface area contributed by atoms with Crippen molar-refractivity contribution in [3.05, 3.63) is 71.9 Å². The molecule has 1 amide bonds. The van der Waals surface area contributed by atoms with Gasteiger partial charge in [0, 0.05) is 42.2 Å². The average molecular weight is 347 g/mol. The number of hydrogen-bond acceptors (Lipinski definition) is 4. The van der Waals surface area contributed by atoms with Crippen molar-refractivity contribution in [3.8, 4) is 5.75 Å². The van der Waals surface area contributed by atoms with Crippen LogP contribution in [0.2, 0.25) is 0 Å². The van der Waals surface area contributed by atoms with Gasteiger partial charge in [-0.25, -0.2) is 0 Å². The van der Waals surface area contributed by atoms with Crippen molar-refractivity contribution in [1.82, 2.24) is 9.88 Å². The van der Waals surface area contributed by atoms with Gasteiger partial charge in [0.25, 0.3) is 5.91 Å². The Morgan fingerprint density at radius 2 is 1.96 bits per heavy atom. The minimum Gasteiger partial charge on any atom is -0.497 e. The summed E-state index contributed by atoms with van der Waals surface area (Å²) in [5.74, 6) is 0.965. The number of nitrogens with two attached hydrogens (primary N) is 1. The van der Waals surface area contributed by atoms with Crippen LogP contribution in [0.4, 0.5) is 0 Å². The molecule has 0 saturated carbocycles. The van der Waals surface area contributed by atoms with Gasteiger partial charge >= 0.3 is 0 Å². The number of amides is 1. The maximum atomic E-state index is 12.9. The zero-order valence-corrected chi connectivity index (χ0v) is 14.6. The van der Waals surface area contributed by atoms with Crippen LogP contribution in [0.1, 0.15) is 21.8 Å². The van der Waals surface area contributed by atoms with Gasteiger partial charge in [-0.05, 0) is 42.0 Å². The second kappa shape index (κ2) is 6.77. The van der Waals surface area contributed by atoms with E-state index in [1.54, 1.807) is 13.3 Å². The Morgan fingerprint density at radius 1 is 1.15 bits per heavy atom. The number of pyridine rings is 1. The van der Waals surface area contributed by atoms with Crippen LogP contribution in [0.5, 0.6) is 5.75 Å². The van der Waals surface area contributed by atoms with Gasteiger partial charge < -0.3 is 15.4 Å². The first-order valence-corrected chi connectivity index (χ1v) is 8.69. The number of carbonyl (C=O) groups excluding carboxylic acids is 1. The third-order valence-corrected chi connectivity index (χ3v) is 5.05. The fourth-order valence-electron chi connectivity index (χ4n) is 3.59. The van der Waals surface area contributed by atoms with Crippen molar-refractivity contribution < 1.29 is 9.53 Å². The molecule has 0 spiro atoms. The topological polar surface area (TPSA) is 68.5 Å². The van der Waals surface area contributed by atoms with Crippen LogP contribution in [0, 0.1) is 0 Å². The second-order valence-corrected chi connectivity index (χ2v) is 6.66. The predicted octanol–water partition coefficient (Wildman–Crippen LogP) is 2.81. The van der Waals surface area contributed by atoms with Crippen LogP contribution < -0.4 is 10.5 Å². The molecule has 132 valence electrons. The third kappa shape index (κ3) is 3.02. The largest absolute Gasteiger partial charge is 0.497 e. The molecule has 0 unspecified atom stereocenters. The van der Waals surface area contributed by atoms with Crippen molar-refractivity contribution in [1.29, 1.82) is 0 Å². The van der Waals surface area contributed by atoms with Crippen molar-refractivity contribution in [2.45, 2.75) is 12.0 Å². The summed E-state index contributed by atoms with van der Waals surface area (Å²) in [4.78, 5) is 19.1. The number of carbonyl (C=O) groups is 1. The van der Waals surface area contributed by atoms with E-state index in [1.165, 1.54) is 0 Å². The number of benzene rings is 2. The predicted molar refractivity (Wildman–Crippen MR) is 101 cm³/mol. The molecule has 1 aliphatic rings. The lowest BCUT2D eigenvalue weighted by Gasteiger charge is -2.17. The molecule has 0 bridgehead atoms. The summed E-state index contributed by atoms with van der Waals surface area (Å²) in [5.41, 5.74) is 9.04. The normalized spacial score (nSPS) is 19.7. The Labute approximate surface area is 152 Å². The van der Waals surface area contributed by atoms with E-state index in [4.69, 9.17) is 10.5 Å². The standard InChI is InChI=1S/C21H21N3O2/c1-26-17-7-4-14(5-8-17)18-12-24(13-19(18)22)21(25)16-6-9-20-15(11-16)3-2-10-23-20/h2-11,18-19H,12-13,22H2,1H3/t18-,19+/m0/s1. The van der Waals surface area contributed by atoms with Gasteiger partial charge in [0.15, 0.2) is 0 Å². The molecule has 2 atom stereocenters. The Balaban J connectivity index is 1.54. The smallest absolute Gasteiger partial charge is 0.253 e. The highest BCUT2D eigenvalue weighted by Gasteiger charge is 2.34. The number of rotatable bonds is 3. The van der Waals surface area contributed by atoms with E-state index in [0.29, 0.717) is 18.7 Å². The molecule has 26 heavy (non-hydrogen) atoms. The first kappa shape index (κ1) is 16.5. The highest BCUT2D eigenvalue weighted by molar-refractivity contribution is 5.98. The maximum absolute atomic E-state index is 12.9. The highest BCUT2D eigenvalue weighted by Crippen LogP contribution is 2.29. The number of nitrogens with zero attached hydrogens (tertiary/aromatic N) is 2. The van der Waals surface area contributed by atoms with Gasteiger partial charge in [-0.3, -0.25) is 9.78 Å². The lowest BCUT2D eigenvalue weighted by molar-refractivity contribution is 0.0789. The number of methoxy groups -OCH3 is 1. The summed E-state index contributed by atoms with van der Waals surface area (Å²) in [6.45, 7) is 1.18. The molecular formula is C21H21N3O2. The lowest BCUT2D eigenvalue weighted by atomic mass is 9.95. The summed E-state index contributed by atoms with van der Waals surface area (Å²) in [5, 5.41) is 0.966. The SMILES string of the molecule is COc1ccc([C@@H]2CN(C(=O)c3ccc4ncccc4c3)C[C@H]2N)cc1. The van der Waals surface area contributed by atoms with Crippen molar-refractivity contribution in [2.75, 3.05) is 20.2 Å². The number of aromatic nitrogens is 1. The van der Waals surface area contributed by atoms with Crippen LogP contribution in [-0.4, -0.2) is 42.0 Å². The lowest BCUT2D eigenvalue weighted by Crippen LogP contribution is -2.32. The molecule has 1 aliphatic heterocycles. The summed E-state index contributed by atoms with van der Waals surface area (Å²) in [7, 11) is 1.65. The molecule has 1 saturated heterocycles. The van der Waals surface area contributed by atoms with Crippen LogP contribution in [-0.2, 0) is 0 Å². The number of hydrogen-bond donors (Lipinski definition) is 1. The van der Waals surface area contributed by atoms with Gasteiger partial charge in [-0.2, -0.15) is 0 Å². The fraction of sp³-hybridized carbons (Fsp3) is 0.238. The van der Waals surface area contributed by atoms with Crippen LogP contribution in [0.15, 0.2) is 60.8 Å². The summed E-state index contributed by atoms with van der Waals surface area (Å²) in [6.07, 6.45) is 1.75. The summed E-state index contributed by atoms with van der Waals surface area (Å²) < 4.78 is 5.21. The monoisotopic (exact) mass is 347 g/mol. The van der Waals surface area contributed by atoms with Crippen molar-refractivity contribution in [2.24, 2.45) is 5.73 Å². The van der Waals surface area contributed by atoms with E-state index in [-0.39, 0.29) is 17.9 Å². The van der Waals surface area contributed by atoms with E-state index >= 15 is 0 Å². The zero-order valence-electron chi connectivity index (χ0n) is 14.6. The number of fused-ring (bicyclic) bond motifs is 1. The Bertz CT molecular complexity index is 939. The van der Waals surface area contributed by atoms with E-state index in [0.717, 1.165) is 22.2 Å². The molecule has 5 nitrogen and oxygen atoms in total. The third-order valence-electron chi connectivity index (χ3n) is 5.05. The molecule has 0 radical (unpaired) electrons. The van der Waals surface area contributed by atoms with Gasteiger partial charge in [0.05, 0.1) is 12.6 Å². The molecular weight excluding hydrogens is 326 g/mol. The van der Waals surface area contributed by atoms with Gasteiger partial charge in [0.1, 0.15) is 5.75 Å². The summed E-state index contributed by atoms with van der Waals surface area (Å²) in [6, 6.07) is 17.3. The average Bonchev–Trinajstić information content (AvgIpc) is 3.08.